The molecule has 6 heteroatoms. The summed E-state index contributed by atoms with van der Waals surface area (Å²) in [6, 6.07) is 7.74. The summed E-state index contributed by atoms with van der Waals surface area (Å²) in [6.07, 6.45) is 6.63. The number of ether oxygens (including phenoxy) is 1. The van der Waals surface area contributed by atoms with Crippen LogP contribution < -0.4 is 4.74 Å². The summed E-state index contributed by atoms with van der Waals surface area (Å²) in [6.45, 7) is 4.70. The molecule has 3 aromatic rings. The van der Waals surface area contributed by atoms with Gasteiger partial charge in [0.25, 0.3) is 0 Å². The van der Waals surface area contributed by atoms with E-state index >= 15 is 0 Å². The summed E-state index contributed by atoms with van der Waals surface area (Å²) in [5.74, 6) is 2.62. The molecule has 0 bridgehead atoms. The molecule has 3 aromatic heterocycles. The first kappa shape index (κ1) is 15.0. The van der Waals surface area contributed by atoms with Crippen LogP contribution in [-0.2, 0) is 6.54 Å². The summed E-state index contributed by atoms with van der Waals surface area (Å²) in [4.78, 5) is 6.40. The van der Waals surface area contributed by atoms with Crippen molar-refractivity contribution >= 4 is 0 Å². The van der Waals surface area contributed by atoms with Gasteiger partial charge in [0.2, 0.25) is 0 Å². The Labute approximate surface area is 140 Å². The zero-order chi connectivity index (χ0) is 16.4. The first-order valence-corrected chi connectivity index (χ1v) is 8.16. The predicted octanol–water partition coefficient (Wildman–Crippen LogP) is 3.03. The van der Waals surface area contributed by atoms with Crippen molar-refractivity contribution in [2.24, 2.45) is 0 Å². The monoisotopic (exact) mass is 324 g/mol. The zero-order valence-corrected chi connectivity index (χ0v) is 13.6. The van der Waals surface area contributed by atoms with E-state index in [2.05, 4.69) is 20.1 Å². The molecular weight excluding hydrogens is 304 g/mol. The average Bonchev–Trinajstić information content (AvgIpc) is 3.31. The van der Waals surface area contributed by atoms with E-state index in [1.54, 1.807) is 12.4 Å². The van der Waals surface area contributed by atoms with Crippen LogP contribution in [0.4, 0.5) is 0 Å². The van der Waals surface area contributed by atoms with E-state index in [0.717, 1.165) is 54.6 Å². The number of hydrogen-bond acceptors (Lipinski definition) is 5. The molecule has 1 aliphatic heterocycles. The molecule has 4 rings (SSSR count). The zero-order valence-electron chi connectivity index (χ0n) is 13.6. The molecule has 124 valence electrons. The number of nitrogens with one attached hydrogen (secondary N) is 1. The number of hydrogen-bond donors (Lipinski definition) is 1. The van der Waals surface area contributed by atoms with Gasteiger partial charge in [0, 0.05) is 37.6 Å². The molecule has 0 aromatic carbocycles. The summed E-state index contributed by atoms with van der Waals surface area (Å²) < 4.78 is 11.7. The van der Waals surface area contributed by atoms with Crippen LogP contribution in [0.15, 0.2) is 47.3 Å². The highest BCUT2D eigenvalue weighted by molar-refractivity contribution is 5.56. The summed E-state index contributed by atoms with van der Waals surface area (Å²) in [7, 11) is 0. The molecule has 1 aliphatic rings. The maximum atomic E-state index is 6.02. The van der Waals surface area contributed by atoms with Crippen LogP contribution in [0.3, 0.4) is 0 Å². The van der Waals surface area contributed by atoms with E-state index in [1.807, 2.05) is 37.4 Å². The SMILES string of the molecule is Cc1ccc(-c2[nH]ncc2CN2CC[C@@H](Oc3ccncc3)C2)o1. The van der Waals surface area contributed by atoms with Crippen molar-refractivity contribution in [1.82, 2.24) is 20.1 Å². The van der Waals surface area contributed by atoms with E-state index in [1.165, 1.54) is 0 Å². The lowest BCUT2D eigenvalue weighted by molar-refractivity contribution is 0.198. The van der Waals surface area contributed by atoms with Gasteiger partial charge < -0.3 is 9.15 Å². The second kappa shape index (κ2) is 6.49. The van der Waals surface area contributed by atoms with Crippen molar-refractivity contribution in [2.75, 3.05) is 13.1 Å². The van der Waals surface area contributed by atoms with Gasteiger partial charge in [-0.2, -0.15) is 5.10 Å². The maximum absolute atomic E-state index is 6.02. The quantitative estimate of drug-likeness (QED) is 0.781. The number of likely N-dealkylation sites (tertiary alicyclic amines) is 1. The van der Waals surface area contributed by atoms with Gasteiger partial charge in [0.1, 0.15) is 23.3 Å². The molecule has 4 heterocycles. The summed E-state index contributed by atoms with van der Waals surface area (Å²) in [5.41, 5.74) is 2.11. The summed E-state index contributed by atoms with van der Waals surface area (Å²) in [5, 5.41) is 7.24. The average molecular weight is 324 g/mol. The molecular formula is C18H20N4O2. The number of H-pyrrole nitrogens is 1. The molecule has 1 N–H and O–H groups in total. The summed E-state index contributed by atoms with van der Waals surface area (Å²) >= 11 is 0. The Hall–Kier alpha value is -2.60. The van der Waals surface area contributed by atoms with Gasteiger partial charge in [-0.25, -0.2) is 0 Å². The van der Waals surface area contributed by atoms with Crippen molar-refractivity contribution in [3.8, 4) is 17.2 Å². The van der Waals surface area contributed by atoms with Gasteiger partial charge in [-0.15, -0.1) is 0 Å². The smallest absolute Gasteiger partial charge is 0.152 e. The van der Waals surface area contributed by atoms with Crippen LogP contribution in [0.2, 0.25) is 0 Å². The molecule has 0 aliphatic carbocycles. The lowest BCUT2D eigenvalue weighted by Gasteiger charge is -2.16. The first-order chi connectivity index (χ1) is 11.8. The molecule has 1 saturated heterocycles. The molecule has 0 amide bonds. The Kier molecular flexibility index (Phi) is 4.04. The van der Waals surface area contributed by atoms with Crippen molar-refractivity contribution in [2.45, 2.75) is 26.0 Å². The van der Waals surface area contributed by atoms with E-state index in [0.29, 0.717) is 0 Å². The van der Waals surface area contributed by atoms with Gasteiger partial charge in [0.05, 0.1) is 6.20 Å². The fourth-order valence-corrected chi connectivity index (χ4v) is 3.10. The van der Waals surface area contributed by atoms with Gasteiger partial charge in [-0.3, -0.25) is 15.0 Å². The minimum atomic E-state index is 0.216. The molecule has 0 saturated carbocycles. The first-order valence-electron chi connectivity index (χ1n) is 8.16. The van der Waals surface area contributed by atoms with Crippen LogP contribution in [0, 0.1) is 6.92 Å². The Morgan fingerprint density at radius 3 is 2.96 bits per heavy atom. The van der Waals surface area contributed by atoms with E-state index in [4.69, 9.17) is 9.15 Å². The minimum Gasteiger partial charge on any atom is -0.489 e. The van der Waals surface area contributed by atoms with Gasteiger partial charge in [0.15, 0.2) is 5.76 Å². The molecule has 0 radical (unpaired) electrons. The maximum Gasteiger partial charge on any atom is 0.152 e. The Bertz CT molecular complexity index is 796. The van der Waals surface area contributed by atoms with Crippen molar-refractivity contribution in [3.63, 3.8) is 0 Å². The topological polar surface area (TPSA) is 67.2 Å². The van der Waals surface area contributed by atoms with Crippen LogP contribution in [-0.4, -0.2) is 39.3 Å². The number of rotatable bonds is 5. The predicted molar refractivity (Wildman–Crippen MR) is 89.6 cm³/mol. The van der Waals surface area contributed by atoms with E-state index in [9.17, 15) is 0 Å². The van der Waals surface area contributed by atoms with Crippen LogP contribution >= 0.6 is 0 Å². The van der Waals surface area contributed by atoms with E-state index < -0.39 is 0 Å². The van der Waals surface area contributed by atoms with Crippen molar-refractivity contribution < 1.29 is 9.15 Å². The highest BCUT2D eigenvalue weighted by Gasteiger charge is 2.25. The van der Waals surface area contributed by atoms with Gasteiger partial charge in [-0.1, -0.05) is 0 Å². The molecule has 1 atom stereocenters. The minimum absolute atomic E-state index is 0.216. The number of nitrogens with zero attached hydrogens (tertiary/aromatic N) is 3. The fourth-order valence-electron chi connectivity index (χ4n) is 3.10. The third-order valence-corrected chi connectivity index (χ3v) is 4.28. The third kappa shape index (κ3) is 3.19. The Morgan fingerprint density at radius 2 is 2.17 bits per heavy atom. The lowest BCUT2D eigenvalue weighted by Crippen LogP contribution is -2.24. The number of aryl methyl sites for hydroxylation is 1. The number of aromatic amines is 1. The number of aromatic nitrogens is 3. The second-order valence-electron chi connectivity index (χ2n) is 6.13. The third-order valence-electron chi connectivity index (χ3n) is 4.28. The molecule has 0 spiro atoms. The van der Waals surface area contributed by atoms with Crippen molar-refractivity contribution in [3.05, 3.63) is 54.2 Å². The van der Waals surface area contributed by atoms with Crippen LogP contribution in [0.5, 0.6) is 5.75 Å². The molecule has 24 heavy (non-hydrogen) atoms. The molecule has 0 unspecified atom stereocenters. The highest BCUT2D eigenvalue weighted by Crippen LogP contribution is 2.26. The second-order valence-corrected chi connectivity index (χ2v) is 6.13. The van der Waals surface area contributed by atoms with Crippen molar-refractivity contribution in [1.29, 1.82) is 0 Å². The van der Waals surface area contributed by atoms with Gasteiger partial charge >= 0.3 is 0 Å². The Morgan fingerprint density at radius 1 is 1.29 bits per heavy atom. The van der Waals surface area contributed by atoms with Crippen LogP contribution in [0.25, 0.3) is 11.5 Å². The Balaban J connectivity index is 1.40. The number of furan rings is 1. The largest absolute Gasteiger partial charge is 0.489 e. The standard InChI is InChI=1S/C18H20N4O2/c1-13-2-3-17(23-13)18-14(10-20-21-18)11-22-9-6-16(12-22)24-15-4-7-19-8-5-15/h2-5,7-8,10,16H,6,9,11-12H2,1H3,(H,20,21)/t16-/m1/s1. The van der Waals surface area contributed by atoms with Gasteiger partial charge in [-0.05, 0) is 37.6 Å². The number of pyridine rings is 1. The lowest BCUT2D eigenvalue weighted by atomic mass is 10.2. The molecule has 1 fully saturated rings. The van der Waals surface area contributed by atoms with Crippen LogP contribution in [0.1, 0.15) is 17.7 Å². The highest BCUT2D eigenvalue weighted by atomic mass is 16.5. The van der Waals surface area contributed by atoms with E-state index in [-0.39, 0.29) is 6.10 Å². The molecule has 6 nitrogen and oxygen atoms in total. The normalized spacial score (nSPS) is 18.1. The fraction of sp³-hybridized carbons (Fsp3) is 0.333.